The Labute approximate surface area is 109 Å². The van der Waals surface area contributed by atoms with E-state index in [0.717, 1.165) is 28.2 Å². The Bertz CT molecular complexity index is 456. The average Bonchev–Trinajstić information content (AvgIpc) is 2.82. The van der Waals surface area contributed by atoms with Crippen molar-refractivity contribution in [2.45, 2.75) is 5.16 Å². The van der Waals surface area contributed by atoms with Crippen LogP contribution in [-0.4, -0.2) is 46.2 Å². The van der Waals surface area contributed by atoms with Crippen molar-refractivity contribution in [3.05, 3.63) is 23.8 Å². The maximum atomic E-state index is 4.49. The quantitative estimate of drug-likeness (QED) is 0.613. The number of aromatic nitrogens is 3. The molecule has 2 rings (SSSR count). The van der Waals surface area contributed by atoms with Crippen molar-refractivity contribution in [2.24, 2.45) is 0 Å². The zero-order chi connectivity index (χ0) is 12.1. The van der Waals surface area contributed by atoms with Crippen molar-refractivity contribution in [3.63, 3.8) is 0 Å². The van der Waals surface area contributed by atoms with E-state index in [1.807, 2.05) is 11.4 Å². The van der Waals surface area contributed by atoms with Gasteiger partial charge in [0, 0.05) is 30.1 Å². The summed E-state index contributed by atoms with van der Waals surface area (Å²) in [6, 6.07) is 1.90. The fourth-order valence-corrected chi connectivity index (χ4v) is 2.74. The van der Waals surface area contributed by atoms with E-state index in [9.17, 15) is 0 Å². The van der Waals surface area contributed by atoms with Crippen LogP contribution in [0, 0.1) is 0 Å². The molecule has 0 unspecified atom stereocenters. The standard InChI is InChI=1S/C11H14N4S2/c1-15(2)6-8-17-11-13-4-3-9(14-11)10-12-5-7-16-10/h3-5,7H,6,8H2,1-2H3. The van der Waals surface area contributed by atoms with Gasteiger partial charge in [0.1, 0.15) is 10.7 Å². The van der Waals surface area contributed by atoms with Gasteiger partial charge in [0.15, 0.2) is 5.16 Å². The second-order valence-electron chi connectivity index (χ2n) is 3.71. The molecule has 0 aliphatic heterocycles. The molecule has 6 heteroatoms. The summed E-state index contributed by atoms with van der Waals surface area (Å²) in [5.41, 5.74) is 0.905. The van der Waals surface area contributed by atoms with Crippen LogP contribution in [0.1, 0.15) is 0 Å². The second kappa shape index (κ2) is 6.09. The van der Waals surface area contributed by atoms with E-state index >= 15 is 0 Å². The van der Waals surface area contributed by atoms with Crippen molar-refractivity contribution in [1.82, 2.24) is 19.9 Å². The number of hydrogen-bond acceptors (Lipinski definition) is 6. The summed E-state index contributed by atoms with van der Waals surface area (Å²) >= 11 is 3.27. The highest BCUT2D eigenvalue weighted by Crippen LogP contribution is 2.21. The average molecular weight is 266 g/mol. The number of thioether (sulfide) groups is 1. The minimum atomic E-state index is 0.819. The van der Waals surface area contributed by atoms with Crippen LogP contribution in [0.15, 0.2) is 29.0 Å². The molecule has 2 aromatic rings. The molecule has 0 radical (unpaired) electrons. The van der Waals surface area contributed by atoms with Crippen molar-refractivity contribution in [1.29, 1.82) is 0 Å². The molecule has 0 atom stereocenters. The first-order chi connectivity index (χ1) is 8.25. The summed E-state index contributed by atoms with van der Waals surface area (Å²) in [5, 5.41) is 3.72. The first-order valence-corrected chi connectivity index (χ1v) is 7.12. The third-order valence-electron chi connectivity index (χ3n) is 2.05. The van der Waals surface area contributed by atoms with Gasteiger partial charge in [-0.1, -0.05) is 11.8 Å². The second-order valence-corrected chi connectivity index (χ2v) is 5.67. The lowest BCUT2D eigenvalue weighted by Gasteiger charge is -2.07. The van der Waals surface area contributed by atoms with E-state index in [2.05, 4.69) is 33.9 Å². The Morgan fingerprint density at radius 1 is 1.29 bits per heavy atom. The predicted octanol–water partition coefficient (Wildman–Crippen LogP) is 2.25. The Hall–Kier alpha value is -0.980. The van der Waals surface area contributed by atoms with Gasteiger partial charge in [-0.15, -0.1) is 11.3 Å². The molecule has 0 spiro atoms. The molecular weight excluding hydrogens is 252 g/mol. The van der Waals surface area contributed by atoms with Gasteiger partial charge in [0.25, 0.3) is 0 Å². The molecule has 0 amide bonds. The lowest BCUT2D eigenvalue weighted by Crippen LogP contribution is -2.14. The molecule has 0 aliphatic carbocycles. The molecule has 17 heavy (non-hydrogen) atoms. The predicted molar refractivity (Wildman–Crippen MR) is 72.4 cm³/mol. The van der Waals surface area contributed by atoms with E-state index in [0.29, 0.717) is 0 Å². The van der Waals surface area contributed by atoms with Crippen LogP contribution < -0.4 is 0 Å². The smallest absolute Gasteiger partial charge is 0.188 e. The van der Waals surface area contributed by atoms with Gasteiger partial charge in [0.2, 0.25) is 0 Å². The normalized spacial score (nSPS) is 11.0. The molecule has 90 valence electrons. The van der Waals surface area contributed by atoms with E-state index in [1.165, 1.54) is 0 Å². The Morgan fingerprint density at radius 3 is 2.88 bits per heavy atom. The minimum absolute atomic E-state index is 0.819. The summed E-state index contributed by atoms with van der Waals surface area (Å²) in [4.78, 5) is 15.1. The van der Waals surface area contributed by atoms with Crippen LogP contribution in [0.2, 0.25) is 0 Å². The Morgan fingerprint density at radius 2 is 2.18 bits per heavy atom. The van der Waals surface area contributed by atoms with Gasteiger partial charge >= 0.3 is 0 Å². The highest BCUT2D eigenvalue weighted by molar-refractivity contribution is 7.99. The van der Waals surface area contributed by atoms with Crippen molar-refractivity contribution < 1.29 is 0 Å². The summed E-state index contributed by atoms with van der Waals surface area (Å²) < 4.78 is 0. The monoisotopic (exact) mass is 266 g/mol. The van der Waals surface area contributed by atoms with Crippen LogP contribution in [0.3, 0.4) is 0 Å². The molecule has 2 aromatic heterocycles. The largest absolute Gasteiger partial charge is 0.309 e. The Balaban J connectivity index is 2.02. The topological polar surface area (TPSA) is 41.9 Å². The molecule has 0 fully saturated rings. The third kappa shape index (κ3) is 3.76. The SMILES string of the molecule is CN(C)CCSc1nccc(-c2nccs2)n1. The van der Waals surface area contributed by atoms with Crippen LogP contribution in [0.5, 0.6) is 0 Å². The molecular formula is C11H14N4S2. The zero-order valence-corrected chi connectivity index (χ0v) is 11.5. The molecule has 0 saturated carbocycles. The lowest BCUT2D eigenvalue weighted by atomic mass is 10.4. The van der Waals surface area contributed by atoms with Gasteiger partial charge < -0.3 is 4.90 Å². The molecule has 0 aliphatic rings. The summed E-state index contributed by atoms with van der Waals surface area (Å²) in [5.74, 6) is 0.994. The number of nitrogens with zero attached hydrogens (tertiary/aromatic N) is 4. The van der Waals surface area contributed by atoms with E-state index < -0.39 is 0 Å². The van der Waals surface area contributed by atoms with E-state index in [4.69, 9.17) is 0 Å². The van der Waals surface area contributed by atoms with Gasteiger partial charge in [-0.3, -0.25) is 0 Å². The fourth-order valence-electron chi connectivity index (χ4n) is 1.20. The minimum Gasteiger partial charge on any atom is -0.309 e. The Kier molecular flexibility index (Phi) is 4.47. The summed E-state index contributed by atoms with van der Waals surface area (Å²) in [6.07, 6.45) is 3.59. The molecule has 0 aromatic carbocycles. The summed E-state index contributed by atoms with van der Waals surface area (Å²) in [7, 11) is 4.13. The highest BCUT2D eigenvalue weighted by atomic mass is 32.2. The van der Waals surface area contributed by atoms with Crippen LogP contribution in [0.25, 0.3) is 10.7 Å². The van der Waals surface area contributed by atoms with Crippen molar-refractivity contribution in [3.8, 4) is 10.7 Å². The maximum Gasteiger partial charge on any atom is 0.188 e. The van der Waals surface area contributed by atoms with Crippen molar-refractivity contribution in [2.75, 3.05) is 26.4 Å². The van der Waals surface area contributed by atoms with Gasteiger partial charge in [-0.05, 0) is 20.2 Å². The summed E-state index contributed by atoms with van der Waals surface area (Å²) in [6.45, 7) is 1.02. The molecule has 0 bridgehead atoms. The molecule has 4 nitrogen and oxygen atoms in total. The zero-order valence-electron chi connectivity index (χ0n) is 9.83. The highest BCUT2D eigenvalue weighted by Gasteiger charge is 2.04. The number of thiazole rings is 1. The number of hydrogen-bond donors (Lipinski definition) is 0. The fraction of sp³-hybridized carbons (Fsp3) is 0.364. The maximum absolute atomic E-state index is 4.49. The molecule has 2 heterocycles. The van der Waals surface area contributed by atoms with E-state index in [1.54, 1.807) is 35.5 Å². The molecule has 0 N–H and O–H groups in total. The first-order valence-electron chi connectivity index (χ1n) is 5.26. The molecule has 0 saturated heterocycles. The lowest BCUT2D eigenvalue weighted by molar-refractivity contribution is 0.437. The van der Waals surface area contributed by atoms with Crippen LogP contribution >= 0.6 is 23.1 Å². The van der Waals surface area contributed by atoms with Crippen LogP contribution in [-0.2, 0) is 0 Å². The van der Waals surface area contributed by atoms with E-state index in [-0.39, 0.29) is 0 Å². The van der Waals surface area contributed by atoms with Gasteiger partial charge in [0.05, 0.1) is 0 Å². The third-order valence-corrected chi connectivity index (χ3v) is 3.69. The van der Waals surface area contributed by atoms with Crippen molar-refractivity contribution >= 4 is 23.1 Å². The van der Waals surface area contributed by atoms with Gasteiger partial charge in [-0.2, -0.15) is 0 Å². The first kappa shape index (κ1) is 12.5. The number of rotatable bonds is 5. The van der Waals surface area contributed by atoms with Crippen LogP contribution in [0.4, 0.5) is 0 Å². The van der Waals surface area contributed by atoms with Gasteiger partial charge in [-0.25, -0.2) is 15.0 Å².